The quantitative estimate of drug-likeness (QED) is 0.592. The molecule has 0 bridgehead atoms. The summed E-state index contributed by atoms with van der Waals surface area (Å²) in [5.74, 6) is 0.0734. The highest BCUT2D eigenvalue weighted by Crippen LogP contribution is 2.29. The fourth-order valence-corrected chi connectivity index (χ4v) is 5.43. The molecule has 0 aliphatic heterocycles. The summed E-state index contributed by atoms with van der Waals surface area (Å²) >= 11 is 0. The van der Waals surface area contributed by atoms with Gasteiger partial charge in [0.2, 0.25) is 19.9 Å². The van der Waals surface area contributed by atoms with Crippen LogP contribution in [0.1, 0.15) is 5.56 Å². The SMILES string of the molecule is COc1ccc(S(=O)(=O)c2ccccc2)cc1S(=O)(=O)NCCc1ccccc1. The summed E-state index contributed by atoms with van der Waals surface area (Å²) in [6.07, 6.45) is 0.504. The van der Waals surface area contributed by atoms with Crippen LogP contribution in [0.3, 0.4) is 0 Å². The smallest absolute Gasteiger partial charge is 0.244 e. The van der Waals surface area contributed by atoms with Crippen LogP contribution in [0, 0.1) is 0 Å². The standard InChI is InChI=1S/C21H21NO5S2/c1-27-20-13-12-19(28(23,24)18-10-6-3-7-11-18)16-21(20)29(25,26)22-15-14-17-8-4-2-5-9-17/h2-13,16,22H,14-15H2,1H3. The largest absolute Gasteiger partial charge is 0.495 e. The topological polar surface area (TPSA) is 89.5 Å². The lowest BCUT2D eigenvalue weighted by Crippen LogP contribution is -2.26. The summed E-state index contributed by atoms with van der Waals surface area (Å²) < 4.78 is 59.0. The van der Waals surface area contributed by atoms with Gasteiger partial charge >= 0.3 is 0 Å². The molecule has 3 aromatic carbocycles. The molecule has 0 heterocycles. The van der Waals surface area contributed by atoms with E-state index in [9.17, 15) is 16.8 Å². The highest BCUT2D eigenvalue weighted by molar-refractivity contribution is 7.91. The molecular formula is C21H21NO5S2. The lowest BCUT2D eigenvalue weighted by Gasteiger charge is -2.13. The van der Waals surface area contributed by atoms with E-state index in [4.69, 9.17) is 4.74 Å². The summed E-state index contributed by atoms with van der Waals surface area (Å²) in [4.78, 5) is -0.247. The second kappa shape index (κ2) is 8.77. The first-order valence-electron chi connectivity index (χ1n) is 8.86. The van der Waals surface area contributed by atoms with Crippen LogP contribution in [0.15, 0.2) is 93.5 Å². The number of sulfone groups is 1. The Bertz CT molecular complexity index is 1180. The maximum atomic E-state index is 12.9. The van der Waals surface area contributed by atoms with E-state index in [1.807, 2.05) is 30.3 Å². The fourth-order valence-electron chi connectivity index (χ4n) is 2.82. The zero-order valence-electron chi connectivity index (χ0n) is 15.8. The number of rotatable bonds is 8. The van der Waals surface area contributed by atoms with Crippen molar-refractivity contribution >= 4 is 19.9 Å². The van der Waals surface area contributed by atoms with E-state index < -0.39 is 19.9 Å². The van der Waals surface area contributed by atoms with Crippen molar-refractivity contribution in [1.29, 1.82) is 0 Å². The predicted molar refractivity (Wildman–Crippen MR) is 110 cm³/mol. The van der Waals surface area contributed by atoms with Crippen LogP contribution in [-0.2, 0) is 26.3 Å². The molecule has 0 aliphatic rings. The minimum atomic E-state index is -3.98. The molecule has 0 saturated carbocycles. The summed E-state index contributed by atoms with van der Waals surface area (Å²) in [7, 11) is -6.50. The maximum absolute atomic E-state index is 12.9. The van der Waals surface area contributed by atoms with Gasteiger partial charge in [0.15, 0.2) is 0 Å². The highest BCUT2D eigenvalue weighted by atomic mass is 32.2. The normalized spacial score (nSPS) is 11.9. The maximum Gasteiger partial charge on any atom is 0.244 e. The van der Waals surface area contributed by atoms with Crippen LogP contribution in [0.2, 0.25) is 0 Å². The van der Waals surface area contributed by atoms with E-state index in [2.05, 4.69) is 4.72 Å². The third-order valence-electron chi connectivity index (χ3n) is 4.34. The van der Waals surface area contributed by atoms with E-state index in [0.29, 0.717) is 6.42 Å². The molecule has 152 valence electrons. The van der Waals surface area contributed by atoms with E-state index in [1.54, 1.807) is 18.2 Å². The number of benzene rings is 3. The van der Waals surface area contributed by atoms with Gasteiger partial charge in [-0.15, -0.1) is 0 Å². The average Bonchev–Trinajstić information content (AvgIpc) is 2.74. The number of hydrogen-bond donors (Lipinski definition) is 1. The monoisotopic (exact) mass is 431 g/mol. The molecule has 3 rings (SSSR count). The Kier molecular flexibility index (Phi) is 6.36. The van der Waals surface area contributed by atoms with E-state index in [1.165, 1.54) is 31.4 Å². The van der Waals surface area contributed by atoms with Crippen LogP contribution in [0.25, 0.3) is 0 Å². The van der Waals surface area contributed by atoms with Crippen LogP contribution >= 0.6 is 0 Å². The van der Waals surface area contributed by atoms with Gasteiger partial charge < -0.3 is 4.74 Å². The molecule has 3 aromatic rings. The fraction of sp³-hybridized carbons (Fsp3) is 0.143. The Hall–Kier alpha value is -2.68. The van der Waals surface area contributed by atoms with Crippen molar-refractivity contribution in [3.05, 3.63) is 84.4 Å². The molecule has 0 aliphatic carbocycles. The minimum absolute atomic E-state index is 0.0734. The molecule has 0 spiro atoms. The molecule has 0 radical (unpaired) electrons. The second-order valence-corrected chi connectivity index (χ2v) is 9.95. The summed E-state index contributed by atoms with van der Waals surface area (Å²) in [6, 6.07) is 21.1. The zero-order valence-corrected chi connectivity index (χ0v) is 17.4. The van der Waals surface area contributed by atoms with Crippen LogP contribution in [0.4, 0.5) is 0 Å². The van der Waals surface area contributed by atoms with Gasteiger partial charge in [0.25, 0.3) is 0 Å². The average molecular weight is 432 g/mol. The molecule has 0 atom stereocenters. The van der Waals surface area contributed by atoms with Gasteiger partial charge in [0, 0.05) is 6.54 Å². The Morgan fingerprint density at radius 2 is 1.41 bits per heavy atom. The first-order chi connectivity index (χ1) is 13.8. The van der Waals surface area contributed by atoms with Crippen molar-refractivity contribution in [2.24, 2.45) is 0 Å². The van der Waals surface area contributed by atoms with Gasteiger partial charge in [-0.25, -0.2) is 21.6 Å². The van der Waals surface area contributed by atoms with Crippen molar-refractivity contribution < 1.29 is 21.6 Å². The minimum Gasteiger partial charge on any atom is -0.495 e. The van der Waals surface area contributed by atoms with Crippen molar-refractivity contribution in [2.75, 3.05) is 13.7 Å². The van der Waals surface area contributed by atoms with Crippen molar-refractivity contribution in [3.63, 3.8) is 0 Å². The van der Waals surface area contributed by atoms with Gasteiger partial charge in [-0.2, -0.15) is 0 Å². The molecule has 0 saturated heterocycles. The third-order valence-corrected chi connectivity index (χ3v) is 7.59. The molecule has 6 nitrogen and oxygen atoms in total. The van der Waals surface area contributed by atoms with Crippen LogP contribution < -0.4 is 9.46 Å². The summed E-state index contributed by atoms with van der Waals surface area (Å²) in [5, 5.41) is 0. The number of methoxy groups -OCH3 is 1. The predicted octanol–water partition coefficient (Wildman–Crippen LogP) is 3.05. The van der Waals surface area contributed by atoms with Gasteiger partial charge in [-0.1, -0.05) is 48.5 Å². The van der Waals surface area contributed by atoms with Gasteiger partial charge in [-0.3, -0.25) is 0 Å². The van der Waals surface area contributed by atoms with Gasteiger partial charge in [-0.05, 0) is 42.3 Å². The van der Waals surface area contributed by atoms with Crippen LogP contribution in [0.5, 0.6) is 5.75 Å². The Morgan fingerprint density at radius 1 is 0.793 bits per heavy atom. The highest BCUT2D eigenvalue weighted by Gasteiger charge is 2.24. The third kappa shape index (κ3) is 4.84. The van der Waals surface area contributed by atoms with Crippen molar-refractivity contribution in [2.45, 2.75) is 21.1 Å². The first kappa shape index (κ1) is 21.0. The molecule has 29 heavy (non-hydrogen) atoms. The lowest BCUT2D eigenvalue weighted by atomic mass is 10.2. The van der Waals surface area contributed by atoms with Crippen molar-refractivity contribution in [3.8, 4) is 5.75 Å². The number of sulfonamides is 1. The molecule has 0 aromatic heterocycles. The van der Waals surface area contributed by atoms with E-state index in [-0.39, 0.29) is 27.0 Å². The molecular weight excluding hydrogens is 410 g/mol. The van der Waals surface area contributed by atoms with Crippen LogP contribution in [-0.4, -0.2) is 30.5 Å². The summed E-state index contributed by atoms with van der Waals surface area (Å²) in [5.41, 5.74) is 0.988. The summed E-state index contributed by atoms with van der Waals surface area (Å²) in [6.45, 7) is 0.172. The number of nitrogens with one attached hydrogen (secondary N) is 1. The Labute approximate surface area is 171 Å². The van der Waals surface area contributed by atoms with Gasteiger partial charge in [0.05, 0.1) is 16.9 Å². The molecule has 1 N–H and O–H groups in total. The first-order valence-corrected chi connectivity index (χ1v) is 11.8. The zero-order chi connectivity index (χ0) is 20.9. The lowest BCUT2D eigenvalue weighted by molar-refractivity contribution is 0.401. The second-order valence-electron chi connectivity index (χ2n) is 6.26. The Balaban J connectivity index is 1.90. The van der Waals surface area contributed by atoms with Gasteiger partial charge in [0.1, 0.15) is 10.6 Å². The number of ether oxygens (including phenoxy) is 1. The number of hydrogen-bond acceptors (Lipinski definition) is 5. The van der Waals surface area contributed by atoms with E-state index in [0.717, 1.165) is 11.6 Å². The van der Waals surface area contributed by atoms with Crippen molar-refractivity contribution in [1.82, 2.24) is 4.72 Å². The molecule has 0 unspecified atom stereocenters. The molecule has 0 fully saturated rings. The molecule has 0 amide bonds. The molecule has 8 heteroatoms. The van der Waals surface area contributed by atoms with E-state index >= 15 is 0 Å². The Morgan fingerprint density at radius 3 is 2.03 bits per heavy atom.